The zero-order valence-electron chi connectivity index (χ0n) is 19.4. The minimum Gasteiger partial charge on any atom is -0.391 e. The Kier molecular flexibility index (Phi) is 7.36. The molecule has 0 bridgehead atoms. The van der Waals surface area contributed by atoms with Crippen LogP contribution in [0.5, 0.6) is 0 Å². The van der Waals surface area contributed by atoms with Crippen LogP contribution in [0, 0.1) is 18.7 Å². The van der Waals surface area contributed by atoms with Gasteiger partial charge in [0.2, 0.25) is 0 Å². The van der Waals surface area contributed by atoms with Gasteiger partial charge in [0.15, 0.2) is 0 Å². The number of hydrogen-bond donors (Lipinski definition) is 2. The highest BCUT2D eigenvalue weighted by atomic mass is 19.4. The standard InChI is InChI=1S/C26H32F4N2O2/c1-16-19(25(34)31-22-9-5-6-10-24(22)33)14-23(32(16)15-17-7-3-2-4-8-17)20-13-18(26(28,29)30)11-12-21(20)27/h11-14,17,22,24,33H,2-10,15H2,1H3,(H,31,34)/t22-,24+/m0/s1. The Labute approximate surface area is 197 Å². The summed E-state index contributed by atoms with van der Waals surface area (Å²) in [6.07, 6.45) is 3.21. The third-order valence-corrected chi connectivity index (χ3v) is 7.39. The van der Waals surface area contributed by atoms with Crippen LogP contribution >= 0.6 is 0 Å². The van der Waals surface area contributed by atoms with Crippen LogP contribution in [-0.2, 0) is 12.7 Å². The van der Waals surface area contributed by atoms with Crippen molar-refractivity contribution in [1.82, 2.24) is 9.88 Å². The van der Waals surface area contributed by atoms with Crippen LogP contribution in [0.25, 0.3) is 11.3 Å². The highest BCUT2D eigenvalue weighted by Gasteiger charge is 2.33. The summed E-state index contributed by atoms with van der Waals surface area (Å²) in [6, 6.07) is 3.54. The van der Waals surface area contributed by atoms with E-state index in [1.165, 1.54) is 6.07 Å². The lowest BCUT2D eigenvalue weighted by molar-refractivity contribution is -0.137. The van der Waals surface area contributed by atoms with Gasteiger partial charge in [-0.2, -0.15) is 13.2 Å². The van der Waals surface area contributed by atoms with Crippen molar-refractivity contribution in [3.63, 3.8) is 0 Å². The number of rotatable bonds is 5. The molecule has 8 heteroatoms. The van der Waals surface area contributed by atoms with E-state index in [9.17, 15) is 27.5 Å². The first-order valence-electron chi connectivity index (χ1n) is 12.2. The maximum atomic E-state index is 14.9. The molecule has 2 aromatic rings. The van der Waals surface area contributed by atoms with Crippen molar-refractivity contribution in [2.24, 2.45) is 5.92 Å². The number of aliphatic hydroxyl groups excluding tert-OH is 1. The van der Waals surface area contributed by atoms with E-state index in [1.807, 2.05) is 0 Å². The molecule has 2 aliphatic carbocycles. The Balaban J connectivity index is 1.73. The van der Waals surface area contributed by atoms with Crippen LogP contribution in [0.15, 0.2) is 24.3 Å². The molecule has 186 valence electrons. The van der Waals surface area contributed by atoms with Crippen molar-refractivity contribution in [2.75, 3.05) is 0 Å². The van der Waals surface area contributed by atoms with Crippen LogP contribution in [0.3, 0.4) is 0 Å². The Hall–Kier alpha value is -2.35. The van der Waals surface area contributed by atoms with Gasteiger partial charge in [-0.25, -0.2) is 4.39 Å². The Morgan fingerprint density at radius 1 is 1.06 bits per heavy atom. The summed E-state index contributed by atoms with van der Waals surface area (Å²) in [5.41, 5.74) is 0.0929. The normalized spacial score (nSPS) is 22.1. The average Bonchev–Trinajstić information content (AvgIpc) is 3.11. The van der Waals surface area contributed by atoms with Crippen molar-refractivity contribution < 1.29 is 27.5 Å². The van der Waals surface area contributed by atoms with Crippen molar-refractivity contribution >= 4 is 5.91 Å². The van der Waals surface area contributed by atoms with Gasteiger partial charge in [0.25, 0.3) is 5.91 Å². The SMILES string of the molecule is Cc1c(C(=O)N[C@H]2CCCC[C@H]2O)cc(-c2cc(C(F)(F)F)ccc2F)n1CC1CCCCC1. The first-order valence-corrected chi connectivity index (χ1v) is 12.2. The Bertz CT molecular complexity index is 1020. The third-order valence-electron chi connectivity index (χ3n) is 7.39. The fourth-order valence-corrected chi connectivity index (χ4v) is 5.39. The molecule has 0 saturated heterocycles. The second-order valence-electron chi connectivity index (χ2n) is 9.77. The topological polar surface area (TPSA) is 54.3 Å². The number of aromatic nitrogens is 1. The average molecular weight is 481 g/mol. The second kappa shape index (κ2) is 10.1. The zero-order chi connectivity index (χ0) is 24.5. The number of halogens is 4. The molecule has 0 aliphatic heterocycles. The van der Waals surface area contributed by atoms with Crippen LogP contribution in [-0.4, -0.2) is 27.7 Å². The minimum absolute atomic E-state index is 0.162. The number of amides is 1. The summed E-state index contributed by atoms with van der Waals surface area (Å²) < 4.78 is 56.8. The van der Waals surface area contributed by atoms with E-state index in [2.05, 4.69) is 5.32 Å². The molecule has 2 atom stereocenters. The van der Waals surface area contributed by atoms with Crippen molar-refractivity contribution in [3.05, 3.63) is 46.9 Å². The molecule has 4 rings (SSSR count). The number of carbonyl (C=O) groups is 1. The summed E-state index contributed by atoms with van der Waals surface area (Å²) in [6.45, 7) is 2.28. The van der Waals surface area contributed by atoms with E-state index in [0.29, 0.717) is 36.6 Å². The highest BCUT2D eigenvalue weighted by Crippen LogP contribution is 2.36. The van der Waals surface area contributed by atoms with Crippen molar-refractivity contribution in [1.29, 1.82) is 0 Å². The minimum atomic E-state index is -4.60. The quantitative estimate of drug-likeness (QED) is 0.498. The molecule has 1 aromatic carbocycles. The number of benzene rings is 1. The largest absolute Gasteiger partial charge is 0.416 e. The molecular weight excluding hydrogens is 448 g/mol. The maximum absolute atomic E-state index is 14.9. The first-order chi connectivity index (χ1) is 16.1. The van der Waals surface area contributed by atoms with Crippen LogP contribution in [0.2, 0.25) is 0 Å². The molecule has 4 nitrogen and oxygen atoms in total. The first kappa shape index (κ1) is 24.8. The molecular formula is C26H32F4N2O2. The molecule has 2 N–H and O–H groups in total. The summed E-state index contributed by atoms with van der Waals surface area (Å²) in [7, 11) is 0. The van der Waals surface area contributed by atoms with E-state index in [1.54, 1.807) is 11.5 Å². The molecule has 2 aliphatic rings. The van der Waals surface area contributed by atoms with Crippen LogP contribution in [0.1, 0.15) is 79.4 Å². The maximum Gasteiger partial charge on any atom is 0.416 e. The molecule has 2 fully saturated rings. The van der Waals surface area contributed by atoms with Gasteiger partial charge in [0.05, 0.1) is 29.0 Å². The molecule has 1 amide bonds. The lowest BCUT2D eigenvalue weighted by Crippen LogP contribution is -2.45. The Morgan fingerprint density at radius 3 is 2.41 bits per heavy atom. The molecule has 0 spiro atoms. The fourth-order valence-electron chi connectivity index (χ4n) is 5.39. The predicted molar refractivity (Wildman–Crippen MR) is 122 cm³/mol. The van der Waals surface area contributed by atoms with E-state index < -0.39 is 23.7 Å². The van der Waals surface area contributed by atoms with Crippen molar-refractivity contribution in [3.8, 4) is 11.3 Å². The zero-order valence-corrected chi connectivity index (χ0v) is 19.4. The van der Waals surface area contributed by atoms with Gasteiger partial charge < -0.3 is 15.0 Å². The van der Waals surface area contributed by atoms with Gasteiger partial charge >= 0.3 is 6.18 Å². The van der Waals surface area contributed by atoms with Crippen molar-refractivity contribution in [2.45, 2.75) is 89.6 Å². The molecule has 1 aromatic heterocycles. The summed E-state index contributed by atoms with van der Waals surface area (Å²) in [5, 5.41) is 13.2. The smallest absolute Gasteiger partial charge is 0.391 e. The summed E-state index contributed by atoms with van der Waals surface area (Å²) >= 11 is 0. The van der Waals surface area contributed by atoms with E-state index in [4.69, 9.17) is 0 Å². The third kappa shape index (κ3) is 5.32. The van der Waals surface area contributed by atoms with E-state index in [-0.39, 0.29) is 23.2 Å². The number of carbonyl (C=O) groups excluding carboxylic acids is 1. The van der Waals surface area contributed by atoms with Crippen LogP contribution < -0.4 is 5.32 Å². The van der Waals surface area contributed by atoms with Crippen LogP contribution in [0.4, 0.5) is 17.6 Å². The molecule has 34 heavy (non-hydrogen) atoms. The van der Waals surface area contributed by atoms with Gasteiger partial charge in [-0.15, -0.1) is 0 Å². The van der Waals surface area contributed by atoms with Gasteiger partial charge in [-0.05, 0) is 62.8 Å². The Morgan fingerprint density at radius 2 is 1.74 bits per heavy atom. The predicted octanol–water partition coefficient (Wildman–Crippen LogP) is 6.24. The molecule has 0 radical (unpaired) electrons. The fraction of sp³-hybridized carbons (Fsp3) is 0.577. The van der Waals surface area contributed by atoms with E-state index >= 15 is 0 Å². The molecule has 1 heterocycles. The van der Waals surface area contributed by atoms with Gasteiger partial charge in [-0.1, -0.05) is 32.1 Å². The van der Waals surface area contributed by atoms with Gasteiger partial charge in [-0.3, -0.25) is 4.79 Å². The number of aliphatic hydroxyl groups is 1. The number of hydrogen-bond acceptors (Lipinski definition) is 2. The van der Waals surface area contributed by atoms with Gasteiger partial charge in [0, 0.05) is 17.8 Å². The lowest BCUT2D eigenvalue weighted by Gasteiger charge is -2.28. The second-order valence-corrected chi connectivity index (χ2v) is 9.77. The number of alkyl halides is 3. The summed E-state index contributed by atoms with van der Waals surface area (Å²) in [5.74, 6) is -0.826. The lowest BCUT2D eigenvalue weighted by atomic mass is 9.89. The number of nitrogens with one attached hydrogen (secondary N) is 1. The molecule has 0 unspecified atom stereocenters. The summed E-state index contributed by atoms with van der Waals surface area (Å²) in [4.78, 5) is 13.2. The van der Waals surface area contributed by atoms with E-state index in [0.717, 1.165) is 63.1 Å². The highest BCUT2D eigenvalue weighted by molar-refractivity contribution is 5.97. The van der Waals surface area contributed by atoms with Gasteiger partial charge in [0.1, 0.15) is 5.82 Å². The molecule has 2 saturated carbocycles. The monoisotopic (exact) mass is 480 g/mol. The number of nitrogens with zero attached hydrogens (tertiary/aromatic N) is 1.